The van der Waals surface area contributed by atoms with E-state index in [1.165, 1.54) is 4.90 Å². The highest BCUT2D eigenvalue weighted by atomic mass is 35.5. The second-order valence-electron chi connectivity index (χ2n) is 3.69. The Balaban J connectivity index is 2.14. The van der Waals surface area contributed by atoms with Gasteiger partial charge >= 0.3 is 6.41 Å². The standard InChI is InChI=1S/C11H12ClN4O/c12-9-1-3-10(4-2-9)15-5-6-16(8-17)11(7-15)14-13/h1-4H,5-7,13H2. The van der Waals surface area contributed by atoms with Gasteiger partial charge in [0.25, 0.3) is 0 Å². The van der Waals surface area contributed by atoms with Gasteiger partial charge in [-0.15, -0.1) is 0 Å². The molecule has 1 aliphatic rings. The van der Waals surface area contributed by atoms with Gasteiger partial charge in [-0.05, 0) is 24.3 Å². The molecule has 5 nitrogen and oxygen atoms in total. The van der Waals surface area contributed by atoms with E-state index in [1.807, 2.05) is 30.7 Å². The van der Waals surface area contributed by atoms with Crippen LogP contribution in [-0.2, 0) is 4.79 Å². The van der Waals surface area contributed by atoms with Crippen LogP contribution >= 0.6 is 11.6 Å². The Morgan fingerprint density at radius 1 is 1.29 bits per heavy atom. The Morgan fingerprint density at radius 3 is 2.59 bits per heavy atom. The van der Waals surface area contributed by atoms with Crippen molar-refractivity contribution in [2.45, 2.75) is 0 Å². The van der Waals surface area contributed by atoms with Crippen LogP contribution in [0.15, 0.2) is 29.4 Å². The molecule has 1 aromatic carbocycles. The van der Waals surface area contributed by atoms with Crippen LogP contribution in [0, 0.1) is 0 Å². The van der Waals surface area contributed by atoms with Crippen LogP contribution in [0.2, 0.25) is 5.02 Å². The largest absolute Gasteiger partial charge is 0.362 e. The number of benzene rings is 1. The zero-order valence-corrected chi connectivity index (χ0v) is 9.89. The predicted octanol–water partition coefficient (Wildman–Crippen LogP) is 0.801. The highest BCUT2D eigenvalue weighted by molar-refractivity contribution is 6.30. The summed E-state index contributed by atoms with van der Waals surface area (Å²) >= 11 is 5.83. The quantitative estimate of drug-likeness (QED) is 0.625. The van der Waals surface area contributed by atoms with Crippen LogP contribution < -0.4 is 10.7 Å². The van der Waals surface area contributed by atoms with Crippen molar-refractivity contribution in [2.24, 2.45) is 10.9 Å². The summed E-state index contributed by atoms with van der Waals surface area (Å²) in [6, 6.07) is 7.51. The minimum atomic E-state index is 0.493. The van der Waals surface area contributed by atoms with E-state index < -0.39 is 0 Å². The minimum absolute atomic E-state index is 0.493. The van der Waals surface area contributed by atoms with E-state index in [0.29, 0.717) is 23.9 Å². The zero-order valence-electron chi connectivity index (χ0n) is 9.14. The number of hydrogen-bond acceptors (Lipinski definition) is 4. The molecule has 17 heavy (non-hydrogen) atoms. The number of amides is 1. The lowest BCUT2D eigenvalue weighted by atomic mass is 10.2. The number of hydrogen-bond donors (Lipinski definition) is 1. The Hall–Kier alpha value is -1.75. The summed E-state index contributed by atoms with van der Waals surface area (Å²) < 4.78 is 0. The maximum Gasteiger partial charge on any atom is 0.317 e. The van der Waals surface area contributed by atoms with Gasteiger partial charge in [0.05, 0.1) is 6.54 Å². The minimum Gasteiger partial charge on any atom is -0.362 e. The molecule has 0 aliphatic carbocycles. The van der Waals surface area contributed by atoms with Crippen LogP contribution in [0.5, 0.6) is 0 Å². The first-order valence-corrected chi connectivity index (χ1v) is 5.55. The molecule has 1 amide bonds. The topological polar surface area (TPSA) is 61.9 Å². The van der Waals surface area contributed by atoms with Crippen molar-refractivity contribution in [2.75, 3.05) is 24.5 Å². The van der Waals surface area contributed by atoms with Crippen molar-refractivity contribution >= 4 is 29.5 Å². The number of amidine groups is 1. The molecule has 1 radical (unpaired) electrons. The summed E-state index contributed by atoms with van der Waals surface area (Å²) in [5.41, 5.74) is 1.03. The molecule has 0 bridgehead atoms. The van der Waals surface area contributed by atoms with Gasteiger partial charge in [0.15, 0.2) is 5.84 Å². The molecule has 2 rings (SSSR count). The molecule has 1 heterocycles. The first-order chi connectivity index (χ1) is 8.24. The van der Waals surface area contributed by atoms with Crippen LogP contribution in [0.4, 0.5) is 5.69 Å². The first kappa shape index (κ1) is 11.7. The van der Waals surface area contributed by atoms with E-state index in [9.17, 15) is 4.79 Å². The summed E-state index contributed by atoms with van der Waals surface area (Å²) in [6.45, 7) is 1.74. The van der Waals surface area contributed by atoms with Crippen molar-refractivity contribution in [1.29, 1.82) is 0 Å². The lowest BCUT2D eigenvalue weighted by Crippen LogP contribution is -2.50. The molecule has 6 heteroatoms. The summed E-state index contributed by atoms with van der Waals surface area (Å²) in [5, 5.41) is 4.30. The molecule has 2 N–H and O–H groups in total. The molecule has 1 aliphatic heterocycles. The van der Waals surface area contributed by atoms with Crippen molar-refractivity contribution in [3.8, 4) is 0 Å². The van der Waals surface area contributed by atoms with Gasteiger partial charge in [-0.25, -0.2) is 0 Å². The summed E-state index contributed by atoms with van der Waals surface area (Å²) in [6.07, 6.45) is 1.81. The number of nitrogens with zero attached hydrogens (tertiary/aromatic N) is 3. The second kappa shape index (κ2) is 5.05. The highest BCUT2D eigenvalue weighted by Crippen LogP contribution is 2.19. The van der Waals surface area contributed by atoms with Gasteiger partial charge in [-0.3, -0.25) is 9.69 Å². The molecule has 1 saturated heterocycles. The Morgan fingerprint density at radius 2 is 2.00 bits per heavy atom. The fourth-order valence-electron chi connectivity index (χ4n) is 1.77. The Labute approximate surface area is 104 Å². The van der Waals surface area contributed by atoms with Crippen LogP contribution in [0.25, 0.3) is 0 Å². The number of anilines is 1. The molecule has 0 unspecified atom stereocenters. The van der Waals surface area contributed by atoms with Crippen molar-refractivity contribution < 1.29 is 4.79 Å². The van der Waals surface area contributed by atoms with E-state index in [-0.39, 0.29) is 0 Å². The Kier molecular flexibility index (Phi) is 3.49. The van der Waals surface area contributed by atoms with E-state index in [2.05, 4.69) is 10.0 Å². The number of rotatable bonds is 2. The van der Waals surface area contributed by atoms with Gasteiger partial charge in [-0.2, -0.15) is 5.10 Å². The monoisotopic (exact) mass is 251 g/mol. The third-order valence-corrected chi connectivity index (χ3v) is 2.94. The molecule has 0 saturated carbocycles. The number of nitrogens with two attached hydrogens (primary N) is 1. The predicted molar refractivity (Wildman–Crippen MR) is 67.7 cm³/mol. The molecule has 0 spiro atoms. The molecule has 89 valence electrons. The lowest BCUT2D eigenvalue weighted by Gasteiger charge is -2.34. The van der Waals surface area contributed by atoms with Crippen molar-refractivity contribution in [3.63, 3.8) is 0 Å². The smallest absolute Gasteiger partial charge is 0.317 e. The average Bonchev–Trinajstić information content (AvgIpc) is 2.39. The first-order valence-electron chi connectivity index (χ1n) is 5.17. The molecule has 1 fully saturated rings. The molecule has 1 aromatic rings. The van der Waals surface area contributed by atoms with Gasteiger partial charge in [0.1, 0.15) is 0 Å². The van der Waals surface area contributed by atoms with Crippen molar-refractivity contribution in [3.05, 3.63) is 29.3 Å². The van der Waals surface area contributed by atoms with E-state index in [0.717, 1.165) is 12.2 Å². The van der Waals surface area contributed by atoms with Crippen LogP contribution in [-0.4, -0.2) is 36.8 Å². The molecule has 0 aromatic heterocycles. The summed E-state index contributed by atoms with van der Waals surface area (Å²) in [5.74, 6) is 5.77. The van der Waals surface area contributed by atoms with Gasteiger partial charge in [0, 0.05) is 23.8 Å². The Bertz CT molecular complexity index is 432. The maximum absolute atomic E-state index is 10.6. The lowest BCUT2D eigenvalue weighted by molar-refractivity contribution is 0.467. The third-order valence-electron chi connectivity index (χ3n) is 2.69. The van der Waals surface area contributed by atoms with Crippen molar-refractivity contribution in [1.82, 2.24) is 4.90 Å². The zero-order chi connectivity index (χ0) is 12.3. The van der Waals surface area contributed by atoms with Gasteiger partial charge in [0.2, 0.25) is 0 Å². The van der Waals surface area contributed by atoms with E-state index >= 15 is 0 Å². The number of carbonyl (C=O) groups excluding carboxylic acids is 1. The number of piperazine rings is 1. The summed E-state index contributed by atoms with van der Waals surface area (Å²) in [4.78, 5) is 14.1. The van der Waals surface area contributed by atoms with E-state index in [4.69, 9.17) is 17.4 Å². The van der Waals surface area contributed by atoms with Gasteiger partial charge < -0.3 is 10.7 Å². The normalized spacial score (nSPS) is 18.5. The summed E-state index contributed by atoms with van der Waals surface area (Å²) in [7, 11) is 0. The van der Waals surface area contributed by atoms with Gasteiger partial charge in [-0.1, -0.05) is 11.6 Å². The van der Waals surface area contributed by atoms with Crippen LogP contribution in [0.1, 0.15) is 0 Å². The maximum atomic E-state index is 10.6. The molecular weight excluding hydrogens is 240 g/mol. The fraction of sp³-hybridized carbons (Fsp3) is 0.273. The average molecular weight is 252 g/mol. The SMILES string of the molecule is NN=C1CN(c2ccc(Cl)cc2)CCN1[C]=O. The van der Waals surface area contributed by atoms with Crippen LogP contribution in [0.3, 0.4) is 0 Å². The number of hydrazone groups is 1. The highest BCUT2D eigenvalue weighted by Gasteiger charge is 2.22. The van der Waals surface area contributed by atoms with E-state index in [1.54, 1.807) is 0 Å². The fourth-order valence-corrected chi connectivity index (χ4v) is 1.89. The molecule has 0 atom stereocenters. The second-order valence-corrected chi connectivity index (χ2v) is 4.12. The third kappa shape index (κ3) is 2.50. The number of halogens is 1. The molecular formula is C11H12ClN4O.